The number of carbonyl (C=O) groups is 5. The van der Waals surface area contributed by atoms with Gasteiger partial charge in [0.25, 0.3) is 20.1 Å². The molecule has 3 atom stereocenters. The Morgan fingerprint density at radius 1 is 0.862 bits per heavy atom. The highest BCUT2D eigenvalue weighted by molar-refractivity contribution is 7.96. The molecule has 3 unspecified atom stereocenters. The number of hydroxylamine groups is 2. The first-order valence-corrected chi connectivity index (χ1v) is 26.2. The maximum absolute atomic E-state index is 14.4. The third kappa shape index (κ3) is 13.6. The molecule has 0 aromatic heterocycles. The van der Waals surface area contributed by atoms with E-state index in [0.29, 0.717) is 22.1 Å². The molecule has 0 aliphatic carbocycles. The Labute approximate surface area is 355 Å². The van der Waals surface area contributed by atoms with Crippen molar-refractivity contribution in [2.75, 3.05) is 5.63 Å². The minimum atomic E-state index is -2.47. The van der Waals surface area contributed by atoms with Crippen molar-refractivity contribution in [1.82, 2.24) is 10.4 Å². The molecule has 16 heteroatoms. The molecular weight excluding hydrogens is 792 g/mol. The van der Waals surface area contributed by atoms with Crippen molar-refractivity contribution >= 4 is 66.1 Å². The average Bonchev–Trinajstić information content (AvgIpc) is 3.41. The molecule has 1 fully saturated rings. The van der Waals surface area contributed by atoms with Crippen LogP contribution in [0.15, 0.2) is 36.4 Å². The number of alkyl carbamates (subject to hydrolysis) is 1. The van der Waals surface area contributed by atoms with Crippen LogP contribution in [0.2, 0.25) is 36.3 Å². The van der Waals surface area contributed by atoms with E-state index in [0.717, 1.165) is 36.7 Å². The minimum absolute atomic E-state index is 0.0265. The zero-order valence-electron chi connectivity index (χ0n) is 38.7. The third-order valence-corrected chi connectivity index (χ3v) is 19.8. The number of imide groups is 1. The van der Waals surface area contributed by atoms with Gasteiger partial charge in [0.15, 0.2) is 11.5 Å². The number of hydrogen-bond donors (Lipinski definition) is 1. The number of rotatable bonds is 18. The van der Waals surface area contributed by atoms with Crippen LogP contribution in [0.25, 0.3) is 0 Å². The monoisotopic (exact) mass is 858 g/mol. The number of hydrogen-bond acceptors (Lipinski definition) is 11. The molecule has 2 aromatic rings. The summed E-state index contributed by atoms with van der Waals surface area (Å²) in [7, 11) is -3.70. The summed E-state index contributed by atoms with van der Waals surface area (Å²) in [5, 5.41) is 2.94. The van der Waals surface area contributed by atoms with Crippen molar-refractivity contribution in [2.24, 2.45) is 5.92 Å². The van der Waals surface area contributed by atoms with Gasteiger partial charge in [-0.2, -0.15) is 0 Å². The van der Waals surface area contributed by atoms with Crippen LogP contribution in [-0.2, 0) is 41.6 Å². The molecule has 0 saturated carbocycles. The van der Waals surface area contributed by atoms with Crippen LogP contribution in [0.4, 0.5) is 4.79 Å². The summed E-state index contributed by atoms with van der Waals surface area (Å²) >= 11 is 0.766. The van der Waals surface area contributed by atoms with E-state index in [1.165, 1.54) is 0 Å². The van der Waals surface area contributed by atoms with E-state index in [2.05, 4.69) is 73.0 Å². The van der Waals surface area contributed by atoms with Gasteiger partial charge >= 0.3 is 12.1 Å². The molecule has 319 valence electrons. The number of nitrogens with one attached hydrogen (secondary N) is 1. The van der Waals surface area contributed by atoms with Crippen LogP contribution < -0.4 is 18.4 Å². The van der Waals surface area contributed by atoms with Gasteiger partial charge < -0.3 is 27.9 Å². The Kier molecular flexibility index (Phi) is 14.9. The molecule has 3 rings (SSSR count). The summed E-state index contributed by atoms with van der Waals surface area (Å²) in [4.78, 5) is 72.0. The summed E-state index contributed by atoms with van der Waals surface area (Å²) in [6.07, 6.45) is -1.50. The van der Waals surface area contributed by atoms with Crippen molar-refractivity contribution in [3.05, 3.63) is 53.1 Å². The first-order valence-electron chi connectivity index (χ1n) is 20.8. The van der Waals surface area contributed by atoms with Crippen molar-refractivity contribution < 1.29 is 48.0 Å². The van der Waals surface area contributed by atoms with Gasteiger partial charge in [0, 0.05) is 32.7 Å². The van der Waals surface area contributed by atoms with E-state index in [1.54, 1.807) is 39.0 Å². The molecule has 0 spiro atoms. The molecule has 58 heavy (non-hydrogen) atoms. The highest BCUT2D eigenvalue weighted by Gasteiger charge is 2.41. The number of carbonyl (C=O) groups excluding carboxylic acids is 5. The number of nitrogens with zero attached hydrogens (tertiary/aromatic N) is 1. The van der Waals surface area contributed by atoms with Gasteiger partial charge in [-0.3, -0.25) is 14.4 Å². The molecule has 1 aliphatic rings. The predicted molar refractivity (Wildman–Crippen MR) is 234 cm³/mol. The number of benzene rings is 2. The average molecular weight is 859 g/mol. The largest absolute Gasteiger partial charge is 0.543 e. The lowest BCUT2D eigenvalue weighted by atomic mass is 9.90. The Hall–Kier alpha value is -3.76. The van der Waals surface area contributed by atoms with Crippen LogP contribution >= 0.6 is 12.0 Å². The molecule has 12 nitrogen and oxygen atoms in total. The van der Waals surface area contributed by atoms with Crippen molar-refractivity contribution in [1.29, 1.82) is 1.34 Å². The summed E-state index contributed by atoms with van der Waals surface area (Å²) in [6.45, 7) is 28.2. The molecule has 1 aliphatic heterocycles. The molecule has 1 heterocycles. The van der Waals surface area contributed by atoms with Crippen molar-refractivity contribution in [3.63, 3.8) is 0 Å². The maximum Gasteiger partial charge on any atom is 0.408 e. The van der Waals surface area contributed by atoms with Crippen molar-refractivity contribution in [3.8, 4) is 17.2 Å². The van der Waals surface area contributed by atoms with Crippen molar-refractivity contribution in [2.45, 2.75) is 149 Å². The topological polar surface area (TPSA) is 147 Å². The molecule has 1 radical (unpaired) electrons. The zero-order chi connectivity index (χ0) is 45.6. The van der Waals surface area contributed by atoms with Gasteiger partial charge in [-0.05, 0) is 119 Å². The van der Waals surface area contributed by atoms with E-state index in [9.17, 15) is 24.0 Å². The lowest BCUT2D eigenvalue weighted by Crippen LogP contribution is -2.46. The Morgan fingerprint density at radius 3 is 1.91 bits per heavy atom. The van der Waals surface area contributed by atoms with Crippen LogP contribution in [0.3, 0.4) is 0 Å². The first kappa shape index (κ1) is 45.3. The van der Waals surface area contributed by atoms with Gasteiger partial charge in [-0.1, -0.05) is 59.7 Å². The number of amides is 3. The normalized spacial score (nSPS) is 16.1. The van der Waals surface area contributed by atoms with Crippen LogP contribution in [-0.4, -0.2) is 77.8 Å². The van der Waals surface area contributed by atoms with Crippen LogP contribution in [0.1, 0.15) is 99.6 Å². The summed E-state index contributed by atoms with van der Waals surface area (Å²) < 4.78 is 39.9. The van der Waals surface area contributed by atoms with Gasteiger partial charge in [-0.25, -0.2) is 9.59 Å². The molecule has 3 amide bonds. The fourth-order valence-electron chi connectivity index (χ4n) is 5.38. The number of ether oxygens (including phenoxy) is 1. The Bertz CT molecular complexity index is 1880. The van der Waals surface area contributed by atoms with Gasteiger partial charge in [-0.15, -0.1) is 5.06 Å². The number of ketones is 1. The molecule has 2 aromatic carbocycles. The van der Waals surface area contributed by atoms with Gasteiger partial charge in [0.1, 0.15) is 24.9 Å². The highest BCUT2D eigenvalue weighted by atomic mass is 32.2. The van der Waals surface area contributed by atoms with Crippen LogP contribution in [0, 0.1) is 12.8 Å². The lowest BCUT2D eigenvalue weighted by molar-refractivity contribution is -0.200. The van der Waals surface area contributed by atoms with E-state index >= 15 is 0 Å². The quantitative estimate of drug-likeness (QED) is 0.0875. The summed E-state index contributed by atoms with van der Waals surface area (Å²) in [6, 6.07) is 9.49. The van der Waals surface area contributed by atoms with Gasteiger partial charge in [0.2, 0.25) is 8.32 Å². The first-order chi connectivity index (χ1) is 27.4. The number of aryl methyl sites for hydroxylation is 1. The third-order valence-electron chi connectivity index (χ3n) is 10.8. The molecule has 1 saturated heterocycles. The van der Waals surface area contributed by atoms with E-state index in [1.807, 2.05) is 25.1 Å². The summed E-state index contributed by atoms with van der Waals surface area (Å²) in [5.41, 5.74) is 0.299. The molecule has 0 bridgehead atoms. The Morgan fingerprint density at radius 2 is 1.40 bits per heavy atom. The second kappa shape index (κ2) is 19.1. The van der Waals surface area contributed by atoms with Crippen LogP contribution in [0.5, 0.6) is 17.2 Å². The number of Topliss-reactive ketones (excluding diaryl/α,β-unsaturated/α-hetero) is 1. The molecular formula is C42H64BN2O10SSi2. The van der Waals surface area contributed by atoms with E-state index in [4.69, 9.17) is 25.3 Å². The maximum atomic E-state index is 14.4. The predicted octanol–water partition coefficient (Wildman–Crippen LogP) is 8.51. The fraction of sp³-hybridized carbons (Fsp3) is 0.595. The summed E-state index contributed by atoms with van der Waals surface area (Å²) in [5.74, 6) is -2.63. The smallest absolute Gasteiger partial charge is 0.408 e. The zero-order valence-corrected chi connectivity index (χ0v) is 39.6. The molecule has 1 N–H and O–H groups in total. The fourth-order valence-corrected chi connectivity index (χ4v) is 7.78. The minimum Gasteiger partial charge on any atom is -0.543 e. The van der Waals surface area contributed by atoms with E-state index < -0.39 is 75.9 Å². The lowest BCUT2D eigenvalue weighted by Gasteiger charge is -2.37. The standard InChI is InChI=1S/C42H64BN2O10SSi2/c1-27-21-28(15-17-33(27)54-57(11,12)41(5,6)7)23-31(44-39(50)51-40(2,3)4)32(46)25-30(38(49)52-45-36(47)19-20-37(45)48)22-29-16-18-34(53-56-26-43)35(24-29)55-58(13,14)42(8,9)10/h15-18,21,24,30-31,43H,19-20,22-23,25-26H2,1-14H3,(H,44,50)/i26D,43T. The SMILES string of the molecule is [2H]C([B][3H])SOc1ccc(CC(CC(=O)C(Cc2ccc(O[Si](C)(C)C(C)(C)C)c(C)c2)NC(=O)OC(C)(C)C)C(=O)ON2C(=O)CCC2=O)cc1O[Si](C)(C)C(C)(C)C. The highest BCUT2D eigenvalue weighted by Crippen LogP contribution is 2.42. The van der Waals surface area contributed by atoms with Gasteiger partial charge in [0.05, 0.1) is 12.0 Å². The van der Waals surface area contributed by atoms with E-state index in [-0.39, 0.29) is 35.8 Å². The Balaban J connectivity index is 2.05. The second-order valence-corrected chi connectivity index (χ2v) is 29.0. The second-order valence-electron chi connectivity index (χ2n) is 18.9.